The average molecular weight is 473 g/mol. The van der Waals surface area contributed by atoms with Crippen LogP contribution in [0.15, 0.2) is 0 Å². The molecule has 1 heterocycles. The summed E-state index contributed by atoms with van der Waals surface area (Å²) in [6, 6.07) is 0. The number of rotatable bonds is 13. The molecule has 0 saturated carbocycles. The van der Waals surface area contributed by atoms with Crippen LogP contribution < -0.4 is 9.47 Å². The van der Waals surface area contributed by atoms with Crippen LogP contribution in [0.25, 0.3) is 0 Å². The molecule has 0 saturated heterocycles. The van der Waals surface area contributed by atoms with Gasteiger partial charge in [0, 0.05) is 12.5 Å². The molecule has 0 fully saturated rings. The zero-order chi connectivity index (χ0) is 25.5. The third kappa shape index (κ3) is 8.31. The van der Waals surface area contributed by atoms with Crippen LogP contribution in [0.2, 0.25) is 0 Å². The Morgan fingerprint density at radius 2 is 1.44 bits per heavy atom. The summed E-state index contributed by atoms with van der Waals surface area (Å²) in [6.45, 7) is 19.5. The van der Waals surface area contributed by atoms with Gasteiger partial charge in [0.1, 0.15) is 17.1 Å². The van der Waals surface area contributed by atoms with Crippen molar-refractivity contribution in [1.29, 1.82) is 0 Å². The maximum atomic E-state index is 11.6. The maximum Gasteiger partial charge on any atom is 0.308 e. The van der Waals surface area contributed by atoms with Gasteiger partial charge < -0.3 is 9.47 Å². The lowest BCUT2D eigenvalue weighted by atomic mass is 9.83. The van der Waals surface area contributed by atoms with Crippen molar-refractivity contribution in [3.05, 3.63) is 22.3 Å². The van der Waals surface area contributed by atoms with E-state index in [9.17, 15) is 4.79 Å². The highest BCUT2D eigenvalue weighted by atomic mass is 16.5. The number of fused-ring (bicyclic) bond motifs is 1. The summed E-state index contributed by atoms with van der Waals surface area (Å²) in [5.41, 5.74) is 4.29. The smallest absolute Gasteiger partial charge is 0.308 e. The number of esters is 1. The molecule has 0 amide bonds. The molecule has 1 aromatic rings. The van der Waals surface area contributed by atoms with E-state index < -0.39 is 0 Å². The Kier molecular flexibility index (Phi) is 11.0. The number of benzene rings is 1. The molecule has 3 atom stereocenters. The molecule has 0 spiro atoms. The molecular weight excluding hydrogens is 420 g/mol. The van der Waals surface area contributed by atoms with Crippen LogP contribution in [-0.4, -0.2) is 11.6 Å². The Morgan fingerprint density at radius 1 is 0.882 bits per heavy atom. The molecule has 0 bridgehead atoms. The number of carbonyl (C=O) groups excluding carboxylic acids is 1. The maximum absolute atomic E-state index is 11.6. The quantitative estimate of drug-likeness (QED) is 0.212. The third-order valence-corrected chi connectivity index (χ3v) is 8.08. The van der Waals surface area contributed by atoms with Gasteiger partial charge in [-0.2, -0.15) is 0 Å². The van der Waals surface area contributed by atoms with Crippen LogP contribution in [0.5, 0.6) is 11.5 Å². The second kappa shape index (κ2) is 13.0. The largest absolute Gasteiger partial charge is 0.487 e. The first kappa shape index (κ1) is 28.7. The van der Waals surface area contributed by atoms with E-state index in [1.807, 2.05) is 6.92 Å². The van der Waals surface area contributed by atoms with Gasteiger partial charge in [-0.05, 0) is 87.8 Å². The monoisotopic (exact) mass is 472 g/mol. The van der Waals surface area contributed by atoms with Gasteiger partial charge in [-0.15, -0.1) is 0 Å². The first-order valence-corrected chi connectivity index (χ1v) is 13.9. The van der Waals surface area contributed by atoms with Crippen molar-refractivity contribution in [1.82, 2.24) is 0 Å². The minimum atomic E-state index is -0.262. The summed E-state index contributed by atoms with van der Waals surface area (Å²) in [4.78, 5) is 11.6. The molecule has 3 nitrogen and oxygen atoms in total. The van der Waals surface area contributed by atoms with Crippen LogP contribution in [0.4, 0.5) is 0 Å². The molecule has 0 radical (unpaired) electrons. The van der Waals surface area contributed by atoms with Crippen molar-refractivity contribution in [3.63, 3.8) is 0 Å². The van der Waals surface area contributed by atoms with Crippen LogP contribution in [0, 0.1) is 38.5 Å². The van der Waals surface area contributed by atoms with E-state index in [0.29, 0.717) is 0 Å². The minimum absolute atomic E-state index is 0.107. The van der Waals surface area contributed by atoms with Gasteiger partial charge in [0.15, 0.2) is 0 Å². The molecule has 0 aromatic heterocycles. The van der Waals surface area contributed by atoms with Crippen LogP contribution >= 0.6 is 0 Å². The zero-order valence-electron chi connectivity index (χ0n) is 23.7. The minimum Gasteiger partial charge on any atom is -0.487 e. The van der Waals surface area contributed by atoms with Crippen molar-refractivity contribution in [2.75, 3.05) is 0 Å². The highest BCUT2D eigenvalue weighted by Gasteiger charge is 2.34. The van der Waals surface area contributed by atoms with Gasteiger partial charge in [0.2, 0.25) is 0 Å². The van der Waals surface area contributed by atoms with Gasteiger partial charge in [0.05, 0.1) is 0 Å². The molecule has 1 aliphatic heterocycles. The number of carbonyl (C=O) groups is 1. The van der Waals surface area contributed by atoms with Crippen LogP contribution in [0.3, 0.4) is 0 Å². The van der Waals surface area contributed by atoms with Crippen molar-refractivity contribution in [3.8, 4) is 11.5 Å². The standard InChI is InChI=1S/C31H52O3/c1-21(2)13-10-14-22(3)15-11-16-23(4)17-12-19-31(9)20-18-28-26(7)29(33-27(8)32)24(5)25(6)30(28)34-31/h21-23H,10-20H2,1-9H3/t22?,23-,31-/m1/s1. The molecule has 2 rings (SSSR count). The summed E-state index contributed by atoms with van der Waals surface area (Å²) < 4.78 is 12.2. The Hall–Kier alpha value is -1.51. The third-order valence-electron chi connectivity index (χ3n) is 8.08. The van der Waals surface area contributed by atoms with Gasteiger partial charge in [-0.25, -0.2) is 0 Å². The molecule has 3 heteroatoms. The first-order valence-electron chi connectivity index (χ1n) is 13.9. The Bertz CT molecular complexity index is 810. The summed E-state index contributed by atoms with van der Waals surface area (Å²) >= 11 is 0. The molecule has 194 valence electrons. The molecule has 1 aromatic carbocycles. The van der Waals surface area contributed by atoms with E-state index in [4.69, 9.17) is 9.47 Å². The first-order chi connectivity index (χ1) is 15.9. The molecular formula is C31H52O3. The van der Waals surface area contributed by atoms with Gasteiger partial charge in [0.25, 0.3) is 0 Å². The highest BCUT2D eigenvalue weighted by molar-refractivity contribution is 5.72. The molecule has 1 aliphatic rings. The van der Waals surface area contributed by atoms with Crippen molar-refractivity contribution < 1.29 is 14.3 Å². The lowest BCUT2D eigenvalue weighted by Gasteiger charge is -2.38. The van der Waals surface area contributed by atoms with Crippen LogP contribution in [-0.2, 0) is 11.2 Å². The van der Waals surface area contributed by atoms with E-state index in [-0.39, 0.29) is 11.6 Å². The Balaban J connectivity index is 1.82. The predicted molar refractivity (Wildman–Crippen MR) is 144 cm³/mol. The fourth-order valence-corrected chi connectivity index (χ4v) is 5.56. The van der Waals surface area contributed by atoms with Gasteiger partial charge in [-0.1, -0.05) is 72.6 Å². The molecule has 34 heavy (non-hydrogen) atoms. The second-order valence-electron chi connectivity index (χ2n) is 12.0. The average Bonchev–Trinajstić information content (AvgIpc) is 2.74. The fourth-order valence-electron chi connectivity index (χ4n) is 5.56. The van der Waals surface area contributed by atoms with E-state index in [2.05, 4.69) is 48.5 Å². The highest BCUT2D eigenvalue weighted by Crippen LogP contribution is 2.45. The lowest BCUT2D eigenvalue weighted by molar-refractivity contribution is -0.132. The Morgan fingerprint density at radius 3 is 2.00 bits per heavy atom. The van der Waals surface area contributed by atoms with E-state index in [1.54, 1.807) is 0 Å². The van der Waals surface area contributed by atoms with Crippen molar-refractivity contribution in [2.24, 2.45) is 17.8 Å². The number of hydrogen-bond acceptors (Lipinski definition) is 3. The van der Waals surface area contributed by atoms with Gasteiger partial charge >= 0.3 is 5.97 Å². The normalized spacial score (nSPS) is 19.5. The predicted octanol–water partition coefficient (Wildman–Crippen LogP) is 9.06. The van der Waals surface area contributed by atoms with Crippen molar-refractivity contribution >= 4 is 5.97 Å². The fraction of sp³-hybridized carbons (Fsp3) is 0.774. The summed E-state index contributed by atoms with van der Waals surface area (Å²) in [6.07, 6.45) is 13.9. The second-order valence-corrected chi connectivity index (χ2v) is 12.0. The van der Waals surface area contributed by atoms with E-state index >= 15 is 0 Å². The lowest BCUT2D eigenvalue weighted by Crippen LogP contribution is -2.37. The SMILES string of the molecule is CC(=O)Oc1c(C)c(C)c2c(c1C)CC[C@@](C)(CCC[C@H](C)CCCC(C)CCCC(C)C)O2. The van der Waals surface area contributed by atoms with Crippen LogP contribution in [0.1, 0.15) is 128 Å². The van der Waals surface area contributed by atoms with Gasteiger partial charge in [-0.3, -0.25) is 4.79 Å². The molecule has 0 aliphatic carbocycles. The summed E-state index contributed by atoms with van der Waals surface area (Å²) in [5.74, 6) is 3.99. The summed E-state index contributed by atoms with van der Waals surface area (Å²) in [7, 11) is 0. The van der Waals surface area contributed by atoms with E-state index in [1.165, 1.54) is 63.9 Å². The Labute approximate surface area is 210 Å². The van der Waals surface area contributed by atoms with Crippen molar-refractivity contribution in [2.45, 2.75) is 139 Å². The molecule has 1 unspecified atom stereocenters. The number of ether oxygens (including phenoxy) is 2. The topological polar surface area (TPSA) is 35.5 Å². The summed E-state index contributed by atoms with van der Waals surface area (Å²) in [5, 5.41) is 0. The van der Waals surface area contributed by atoms with E-state index in [0.717, 1.165) is 65.2 Å². The zero-order valence-corrected chi connectivity index (χ0v) is 23.7. The molecule has 0 N–H and O–H groups in total. The number of hydrogen-bond donors (Lipinski definition) is 0.